The average molecular weight is 378 g/mol. The molecule has 0 aliphatic carbocycles. The number of nitrogens with one attached hydrogen (secondary N) is 1. The molecule has 0 bridgehead atoms. The van der Waals surface area contributed by atoms with Gasteiger partial charge >= 0.3 is 0 Å². The van der Waals surface area contributed by atoms with Gasteiger partial charge in [0.05, 0.1) is 5.88 Å². The molecule has 1 aromatic rings. The van der Waals surface area contributed by atoms with Gasteiger partial charge in [0.1, 0.15) is 12.1 Å². The van der Waals surface area contributed by atoms with Crippen molar-refractivity contribution < 1.29 is 14.7 Å². The predicted molar refractivity (Wildman–Crippen MR) is 105 cm³/mol. The molecule has 3 unspecified atom stereocenters. The zero-order chi connectivity index (χ0) is 19.3. The van der Waals surface area contributed by atoms with Crippen LogP contribution in [0.1, 0.15) is 19.4 Å². The first kappa shape index (κ1) is 20.5. The number of nitrogens with zero attached hydrogens (tertiary/aromatic N) is 1. The summed E-state index contributed by atoms with van der Waals surface area (Å²) in [6, 6.07) is 8.06. The lowest BCUT2D eigenvalue weighted by atomic mass is 9.98. The summed E-state index contributed by atoms with van der Waals surface area (Å²) in [6.07, 6.45) is 0.606. The van der Waals surface area contributed by atoms with E-state index >= 15 is 0 Å². The molecule has 0 radical (unpaired) electrons. The van der Waals surface area contributed by atoms with Gasteiger partial charge in [0.2, 0.25) is 5.91 Å². The second kappa shape index (κ2) is 8.70. The summed E-state index contributed by atoms with van der Waals surface area (Å²) in [5.41, 5.74) is 7.02. The van der Waals surface area contributed by atoms with Gasteiger partial charge in [-0.1, -0.05) is 36.4 Å². The van der Waals surface area contributed by atoms with Crippen molar-refractivity contribution in [3.63, 3.8) is 0 Å². The molecule has 7 heteroatoms. The Morgan fingerprint density at radius 2 is 2.12 bits per heavy atom. The minimum absolute atomic E-state index is 0.253. The van der Waals surface area contributed by atoms with Crippen molar-refractivity contribution in [2.24, 2.45) is 5.73 Å². The van der Waals surface area contributed by atoms with Crippen LogP contribution in [0.3, 0.4) is 0 Å². The highest BCUT2D eigenvalue weighted by Gasteiger charge is 2.49. The average Bonchev–Trinajstić information content (AvgIpc) is 2.94. The van der Waals surface area contributed by atoms with E-state index in [4.69, 9.17) is 5.73 Å². The smallest absolute Gasteiger partial charge is 0.254 e. The first-order chi connectivity index (χ1) is 12.3. The van der Waals surface area contributed by atoms with Gasteiger partial charge in [0, 0.05) is 17.3 Å². The van der Waals surface area contributed by atoms with E-state index in [1.165, 1.54) is 16.7 Å². The third-order valence-corrected chi connectivity index (χ3v) is 5.85. The highest BCUT2D eigenvalue weighted by molar-refractivity contribution is 8.00. The maximum Gasteiger partial charge on any atom is 0.254 e. The number of thioether (sulfide) groups is 1. The predicted octanol–water partition coefficient (Wildman–Crippen LogP) is 0.900. The highest BCUT2D eigenvalue weighted by atomic mass is 32.2. The minimum Gasteiger partial charge on any atom is -0.382 e. The minimum atomic E-state index is -1.36. The van der Waals surface area contributed by atoms with E-state index in [9.17, 15) is 14.7 Å². The van der Waals surface area contributed by atoms with Crippen LogP contribution in [-0.2, 0) is 16.0 Å². The second-order valence-corrected chi connectivity index (χ2v) is 8.52. The molecule has 1 aromatic carbocycles. The van der Waals surface area contributed by atoms with E-state index in [-0.39, 0.29) is 5.91 Å². The normalized spacial score (nSPS) is 21.1. The molecule has 1 aliphatic rings. The van der Waals surface area contributed by atoms with Crippen molar-refractivity contribution in [2.75, 3.05) is 12.4 Å². The van der Waals surface area contributed by atoms with Gasteiger partial charge in [-0.25, -0.2) is 0 Å². The number of hydrogen-bond acceptors (Lipinski definition) is 5. The standard InChI is InChI=1S/C19H27N3O3S/c1-4-10-21-17(24)16-19(2,3)26-12-22(16)18(25)15(23)14(20)11-13-8-6-5-7-9-13/h4-9,14-16,23H,1,10-12,20H2,2-3H3,(H,21,24). The van der Waals surface area contributed by atoms with E-state index < -0.39 is 28.8 Å². The SMILES string of the molecule is C=CCNC(=O)C1N(C(=O)C(O)C(N)Cc2ccccc2)CSC1(C)C. The summed E-state index contributed by atoms with van der Waals surface area (Å²) in [6.45, 7) is 7.74. The number of aliphatic hydroxyl groups excluding tert-OH is 1. The third kappa shape index (κ3) is 4.66. The van der Waals surface area contributed by atoms with Gasteiger partial charge < -0.3 is 21.1 Å². The Kier molecular flexibility index (Phi) is 6.86. The molecule has 1 aliphatic heterocycles. The van der Waals surface area contributed by atoms with Gasteiger partial charge in [-0.2, -0.15) is 0 Å². The fourth-order valence-corrected chi connectivity index (χ4v) is 4.17. The molecular weight excluding hydrogens is 350 g/mol. The molecule has 1 heterocycles. The van der Waals surface area contributed by atoms with E-state index in [1.807, 2.05) is 44.2 Å². The molecule has 2 rings (SSSR count). The molecule has 6 nitrogen and oxygen atoms in total. The Labute approximate surface area is 158 Å². The number of hydrogen-bond donors (Lipinski definition) is 3. The fraction of sp³-hybridized carbons (Fsp3) is 0.474. The summed E-state index contributed by atoms with van der Waals surface area (Å²) < 4.78 is -0.454. The van der Waals surface area contributed by atoms with Crippen molar-refractivity contribution in [2.45, 2.75) is 43.2 Å². The van der Waals surface area contributed by atoms with Crippen LogP contribution >= 0.6 is 11.8 Å². The fourth-order valence-electron chi connectivity index (χ4n) is 3.03. The molecule has 1 saturated heterocycles. The van der Waals surface area contributed by atoms with Crippen LogP contribution in [-0.4, -0.2) is 57.2 Å². The second-order valence-electron chi connectivity index (χ2n) is 6.92. The number of aliphatic hydroxyl groups is 1. The molecule has 0 spiro atoms. The summed E-state index contributed by atoms with van der Waals surface area (Å²) in [5.74, 6) is -0.421. The molecule has 3 atom stereocenters. The third-order valence-electron chi connectivity index (χ3n) is 4.47. The van der Waals surface area contributed by atoms with Crippen LogP contribution < -0.4 is 11.1 Å². The van der Waals surface area contributed by atoms with Crippen LogP contribution in [0.25, 0.3) is 0 Å². The highest BCUT2D eigenvalue weighted by Crippen LogP contribution is 2.39. The maximum atomic E-state index is 12.8. The number of amides is 2. The lowest BCUT2D eigenvalue weighted by Gasteiger charge is -2.32. The van der Waals surface area contributed by atoms with Crippen molar-refractivity contribution in [1.29, 1.82) is 0 Å². The Morgan fingerprint density at radius 1 is 1.46 bits per heavy atom. The first-order valence-corrected chi connectivity index (χ1v) is 9.57. The largest absolute Gasteiger partial charge is 0.382 e. The van der Waals surface area contributed by atoms with Crippen LogP contribution in [0.4, 0.5) is 0 Å². The lowest BCUT2D eigenvalue weighted by Crippen LogP contribution is -2.57. The Morgan fingerprint density at radius 3 is 2.73 bits per heavy atom. The number of benzene rings is 1. The molecule has 0 saturated carbocycles. The molecule has 1 fully saturated rings. The molecule has 26 heavy (non-hydrogen) atoms. The number of rotatable bonds is 7. The van der Waals surface area contributed by atoms with Gasteiger partial charge in [0.15, 0.2) is 0 Å². The van der Waals surface area contributed by atoms with E-state index in [0.717, 1.165) is 5.56 Å². The number of carbonyl (C=O) groups excluding carboxylic acids is 2. The van der Waals surface area contributed by atoms with Gasteiger partial charge in [-0.05, 0) is 25.8 Å². The van der Waals surface area contributed by atoms with E-state index in [2.05, 4.69) is 11.9 Å². The summed E-state index contributed by atoms with van der Waals surface area (Å²) >= 11 is 1.51. The topological polar surface area (TPSA) is 95.7 Å². The van der Waals surface area contributed by atoms with Crippen LogP contribution in [0.5, 0.6) is 0 Å². The van der Waals surface area contributed by atoms with Crippen LogP contribution in [0.15, 0.2) is 43.0 Å². The van der Waals surface area contributed by atoms with Crippen molar-refractivity contribution in [3.05, 3.63) is 48.6 Å². The quantitative estimate of drug-likeness (QED) is 0.614. The molecule has 142 valence electrons. The van der Waals surface area contributed by atoms with E-state index in [0.29, 0.717) is 18.8 Å². The lowest BCUT2D eigenvalue weighted by molar-refractivity contribution is -0.146. The summed E-state index contributed by atoms with van der Waals surface area (Å²) in [5, 5.41) is 13.2. The van der Waals surface area contributed by atoms with Crippen molar-refractivity contribution in [3.8, 4) is 0 Å². The summed E-state index contributed by atoms with van der Waals surface area (Å²) in [7, 11) is 0. The van der Waals surface area contributed by atoms with Crippen molar-refractivity contribution in [1.82, 2.24) is 10.2 Å². The van der Waals surface area contributed by atoms with Gasteiger partial charge in [-0.3, -0.25) is 9.59 Å². The first-order valence-electron chi connectivity index (χ1n) is 8.58. The summed E-state index contributed by atoms with van der Waals surface area (Å²) in [4.78, 5) is 26.8. The molecule has 2 amide bonds. The number of carbonyl (C=O) groups is 2. The Bertz CT molecular complexity index is 651. The van der Waals surface area contributed by atoms with Gasteiger partial charge in [0.25, 0.3) is 5.91 Å². The van der Waals surface area contributed by atoms with Crippen molar-refractivity contribution >= 4 is 23.6 Å². The Balaban J connectivity index is 2.10. The van der Waals surface area contributed by atoms with Crippen LogP contribution in [0, 0.1) is 0 Å². The maximum absolute atomic E-state index is 12.8. The zero-order valence-electron chi connectivity index (χ0n) is 15.2. The molecule has 0 aromatic heterocycles. The molecular formula is C19H27N3O3S. The zero-order valence-corrected chi connectivity index (χ0v) is 16.0. The van der Waals surface area contributed by atoms with E-state index in [1.54, 1.807) is 6.08 Å². The Hall–Kier alpha value is -1.83. The monoisotopic (exact) mass is 377 g/mol. The van der Waals surface area contributed by atoms with Gasteiger partial charge in [-0.15, -0.1) is 18.3 Å². The van der Waals surface area contributed by atoms with Crippen LogP contribution in [0.2, 0.25) is 0 Å². The number of nitrogens with two attached hydrogens (primary N) is 1. The molecule has 4 N–H and O–H groups in total.